The summed E-state index contributed by atoms with van der Waals surface area (Å²) in [4.78, 5) is 0. The lowest BCUT2D eigenvalue weighted by atomic mass is 10.2. The highest BCUT2D eigenvalue weighted by atomic mass is 32.2. The molecule has 0 bridgehead atoms. The second kappa shape index (κ2) is 4.39. The Kier molecular flexibility index (Phi) is 3.45. The Morgan fingerprint density at radius 3 is 2.46 bits per heavy atom. The summed E-state index contributed by atoms with van der Waals surface area (Å²) in [5.74, 6) is 0. The summed E-state index contributed by atoms with van der Waals surface area (Å²) < 4.78 is 25.7. The summed E-state index contributed by atoms with van der Waals surface area (Å²) in [7, 11) is -3.33. The minimum atomic E-state index is -3.33. The minimum absolute atomic E-state index is 0.0862. The molecule has 0 saturated heterocycles. The number of rotatable bonds is 4. The Bertz CT molecular complexity index is 342. The Labute approximate surface area is 78.5 Å². The molecule has 0 amide bonds. The van der Waals surface area contributed by atoms with Crippen LogP contribution in [-0.2, 0) is 14.3 Å². The van der Waals surface area contributed by atoms with E-state index in [9.17, 15) is 8.42 Å². The Morgan fingerprint density at radius 1 is 1.31 bits per heavy atom. The third-order valence-corrected chi connectivity index (χ3v) is 1.96. The lowest BCUT2D eigenvalue weighted by Crippen LogP contribution is -2.04. The molecule has 13 heavy (non-hydrogen) atoms. The van der Waals surface area contributed by atoms with Gasteiger partial charge >= 0.3 is 0 Å². The third kappa shape index (κ3) is 4.65. The van der Waals surface area contributed by atoms with Gasteiger partial charge in [-0.1, -0.05) is 30.3 Å². The second-order valence-electron chi connectivity index (χ2n) is 2.60. The molecule has 0 saturated carbocycles. The molecule has 4 heteroatoms. The number of hydrogen-bond acceptors (Lipinski definition) is 3. The molecule has 71 valence electrons. The molecule has 0 aliphatic rings. The van der Waals surface area contributed by atoms with Gasteiger partial charge in [0.05, 0.1) is 12.9 Å². The van der Waals surface area contributed by atoms with Gasteiger partial charge in [0.2, 0.25) is 0 Å². The van der Waals surface area contributed by atoms with Crippen LogP contribution in [-0.4, -0.2) is 21.3 Å². The summed E-state index contributed by atoms with van der Waals surface area (Å²) in [5, 5.41) is 0. The molecule has 0 N–H and O–H groups in total. The maximum Gasteiger partial charge on any atom is 0.264 e. The Hall–Kier alpha value is -0.870. The minimum Gasteiger partial charge on any atom is -0.270 e. The molecule has 0 aliphatic heterocycles. The van der Waals surface area contributed by atoms with E-state index in [1.807, 2.05) is 30.3 Å². The van der Waals surface area contributed by atoms with E-state index in [1.165, 1.54) is 0 Å². The maximum absolute atomic E-state index is 10.6. The summed E-state index contributed by atoms with van der Waals surface area (Å²) in [6.07, 6.45) is 2.74. The second-order valence-corrected chi connectivity index (χ2v) is 4.25. The van der Waals surface area contributed by atoms with Crippen molar-refractivity contribution in [2.45, 2.75) is 0 Å². The van der Waals surface area contributed by atoms with Crippen LogP contribution in [0.2, 0.25) is 0 Å². The van der Waals surface area contributed by atoms with Crippen LogP contribution in [0.15, 0.2) is 30.3 Å². The molecule has 0 aromatic heterocycles. The van der Waals surface area contributed by atoms with Gasteiger partial charge in [-0.05, 0) is 5.56 Å². The average Bonchev–Trinajstić information content (AvgIpc) is 2.04. The normalized spacial score (nSPS) is 11.5. The zero-order valence-electron chi connectivity index (χ0n) is 7.30. The average molecular weight is 199 g/mol. The first-order chi connectivity index (χ1) is 6.08. The van der Waals surface area contributed by atoms with E-state index in [0.29, 0.717) is 0 Å². The van der Waals surface area contributed by atoms with Crippen LogP contribution in [0.5, 0.6) is 0 Å². The highest BCUT2D eigenvalue weighted by molar-refractivity contribution is 7.85. The van der Waals surface area contributed by atoms with Crippen molar-refractivity contribution < 1.29 is 12.6 Å². The lowest BCUT2D eigenvalue weighted by Gasteiger charge is -2.00. The molecule has 3 nitrogen and oxygen atoms in total. The van der Waals surface area contributed by atoms with Crippen LogP contribution in [0.25, 0.3) is 0 Å². The Balaban J connectivity index is 2.37. The maximum atomic E-state index is 10.6. The van der Waals surface area contributed by atoms with Gasteiger partial charge < -0.3 is 0 Å². The van der Waals surface area contributed by atoms with Crippen molar-refractivity contribution in [2.24, 2.45) is 0 Å². The summed E-state index contributed by atoms with van der Waals surface area (Å²) >= 11 is 0. The molecule has 0 spiro atoms. The monoisotopic (exact) mass is 199 g/mol. The van der Waals surface area contributed by atoms with Gasteiger partial charge in [0.15, 0.2) is 0 Å². The fourth-order valence-corrected chi connectivity index (χ4v) is 1.16. The first kappa shape index (κ1) is 10.2. The van der Waals surface area contributed by atoms with E-state index < -0.39 is 10.1 Å². The number of hydrogen-bond donors (Lipinski definition) is 0. The molecule has 0 unspecified atom stereocenters. The fraction of sp³-hybridized carbons (Fsp3) is 0.222. The summed E-state index contributed by atoms with van der Waals surface area (Å²) in [6, 6.07) is 9.42. The SMILES string of the molecule is CS(=O)(=O)OC[CH]c1ccccc1. The molecule has 1 aromatic rings. The largest absolute Gasteiger partial charge is 0.270 e. The number of benzene rings is 1. The van der Waals surface area contributed by atoms with E-state index in [1.54, 1.807) is 6.42 Å². The van der Waals surface area contributed by atoms with Gasteiger partial charge in [-0.25, -0.2) is 0 Å². The first-order valence-corrected chi connectivity index (χ1v) is 5.62. The third-order valence-electron chi connectivity index (χ3n) is 1.40. The van der Waals surface area contributed by atoms with E-state index in [0.717, 1.165) is 11.8 Å². The van der Waals surface area contributed by atoms with Crippen molar-refractivity contribution in [3.05, 3.63) is 42.3 Å². The van der Waals surface area contributed by atoms with E-state index in [-0.39, 0.29) is 6.61 Å². The molecule has 0 fully saturated rings. The molecule has 0 atom stereocenters. The van der Waals surface area contributed by atoms with Crippen molar-refractivity contribution in [2.75, 3.05) is 12.9 Å². The van der Waals surface area contributed by atoms with Crippen molar-refractivity contribution in [1.29, 1.82) is 0 Å². The smallest absolute Gasteiger partial charge is 0.264 e. The molecule has 0 heterocycles. The molecular formula is C9H11O3S. The van der Waals surface area contributed by atoms with Crippen LogP contribution in [0.3, 0.4) is 0 Å². The fourth-order valence-electron chi connectivity index (χ4n) is 0.843. The summed E-state index contributed by atoms with van der Waals surface area (Å²) in [6.45, 7) is 0.0862. The zero-order chi connectivity index (χ0) is 9.73. The van der Waals surface area contributed by atoms with Gasteiger partial charge in [0, 0.05) is 6.42 Å². The van der Waals surface area contributed by atoms with Crippen molar-refractivity contribution in [3.63, 3.8) is 0 Å². The predicted octanol–water partition coefficient (Wildman–Crippen LogP) is 1.22. The summed E-state index contributed by atoms with van der Waals surface area (Å²) in [5.41, 5.74) is 0.950. The van der Waals surface area contributed by atoms with Crippen LogP contribution in [0.4, 0.5) is 0 Å². The van der Waals surface area contributed by atoms with Gasteiger partial charge in [0.25, 0.3) is 10.1 Å². The van der Waals surface area contributed by atoms with Crippen LogP contribution < -0.4 is 0 Å². The highest BCUT2D eigenvalue weighted by Crippen LogP contribution is 2.02. The van der Waals surface area contributed by atoms with Gasteiger partial charge in [-0.3, -0.25) is 4.18 Å². The van der Waals surface area contributed by atoms with Gasteiger partial charge in [-0.2, -0.15) is 8.42 Å². The van der Waals surface area contributed by atoms with Crippen molar-refractivity contribution >= 4 is 10.1 Å². The molecule has 1 radical (unpaired) electrons. The van der Waals surface area contributed by atoms with Crippen LogP contribution in [0, 0.1) is 6.42 Å². The zero-order valence-corrected chi connectivity index (χ0v) is 8.12. The van der Waals surface area contributed by atoms with Crippen LogP contribution >= 0.6 is 0 Å². The first-order valence-electron chi connectivity index (χ1n) is 3.80. The molecule has 1 rings (SSSR count). The van der Waals surface area contributed by atoms with E-state index >= 15 is 0 Å². The van der Waals surface area contributed by atoms with Gasteiger partial charge in [0.1, 0.15) is 0 Å². The van der Waals surface area contributed by atoms with Crippen LogP contribution in [0.1, 0.15) is 5.56 Å². The quantitative estimate of drug-likeness (QED) is 0.685. The Morgan fingerprint density at radius 2 is 1.92 bits per heavy atom. The van der Waals surface area contributed by atoms with E-state index in [4.69, 9.17) is 0 Å². The van der Waals surface area contributed by atoms with Crippen molar-refractivity contribution in [3.8, 4) is 0 Å². The predicted molar refractivity (Wildman–Crippen MR) is 50.6 cm³/mol. The molecular weight excluding hydrogens is 188 g/mol. The topological polar surface area (TPSA) is 43.4 Å². The standard InChI is InChI=1S/C9H11O3S/c1-13(10,11)12-8-7-9-5-3-2-4-6-9/h2-7H,8H2,1H3. The lowest BCUT2D eigenvalue weighted by molar-refractivity contribution is 0.352. The molecule has 1 aromatic carbocycles. The van der Waals surface area contributed by atoms with E-state index in [2.05, 4.69) is 4.18 Å². The molecule has 0 aliphatic carbocycles. The highest BCUT2D eigenvalue weighted by Gasteiger charge is 2.00. The van der Waals surface area contributed by atoms with Gasteiger partial charge in [-0.15, -0.1) is 0 Å². The van der Waals surface area contributed by atoms with Crippen molar-refractivity contribution in [1.82, 2.24) is 0 Å².